The number of amides is 2. The van der Waals surface area contributed by atoms with Gasteiger partial charge in [0, 0.05) is 59.7 Å². The third-order valence-corrected chi connectivity index (χ3v) is 10.6. The molecule has 0 aliphatic carbocycles. The monoisotopic (exact) mass is 708 g/mol. The first-order valence-electron chi connectivity index (χ1n) is 16.8. The van der Waals surface area contributed by atoms with Crippen molar-refractivity contribution >= 4 is 40.4 Å². The SMILES string of the molecule is COC(=O)N[C@H](C(=O)Nc1cccc(F)c1CCC1CN(C)C(CCCS(=O)O)CN1)[C@@H](c1ccc(Cl)cc1)C1CCOC(C(C)C)C1. The lowest BCUT2D eigenvalue weighted by molar-refractivity contribution is -0.119. The molecule has 5 unspecified atom stereocenters. The second-order valence-electron chi connectivity index (χ2n) is 13.3. The second kappa shape index (κ2) is 18.4. The number of benzene rings is 2. The number of hydrogen-bond acceptors (Lipinski definition) is 7. The average molecular weight is 709 g/mol. The summed E-state index contributed by atoms with van der Waals surface area (Å²) >= 11 is 4.45. The van der Waals surface area contributed by atoms with E-state index in [-0.39, 0.29) is 35.8 Å². The number of carbonyl (C=O) groups excluding carboxylic acids is 2. The molecule has 0 spiro atoms. The first kappa shape index (κ1) is 38.2. The lowest BCUT2D eigenvalue weighted by Crippen LogP contribution is -2.55. The molecular weight excluding hydrogens is 659 g/mol. The van der Waals surface area contributed by atoms with E-state index in [0.29, 0.717) is 55.0 Å². The zero-order valence-electron chi connectivity index (χ0n) is 28.3. The Morgan fingerprint density at radius 2 is 1.96 bits per heavy atom. The summed E-state index contributed by atoms with van der Waals surface area (Å²) in [6, 6.07) is 11.3. The highest BCUT2D eigenvalue weighted by Crippen LogP contribution is 2.39. The van der Waals surface area contributed by atoms with Gasteiger partial charge < -0.3 is 34.9 Å². The van der Waals surface area contributed by atoms with Crippen LogP contribution in [-0.2, 0) is 31.8 Å². The van der Waals surface area contributed by atoms with E-state index >= 15 is 4.39 Å². The van der Waals surface area contributed by atoms with E-state index in [0.717, 1.165) is 25.1 Å². The largest absolute Gasteiger partial charge is 0.453 e. The molecule has 2 aromatic rings. The zero-order chi connectivity index (χ0) is 34.8. The molecule has 2 fully saturated rings. The van der Waals surface area contributed by atoms with Crippen LogP contribution < -0.4 is 16.0 Å². The molecule has 13 heteroatoms. The van der Waals surface area contributed by atoms with Crippen LogP contribution in [0.15, 0.2) is 42.5 Å². The summed E-state index contributed by atoms with van der Waals surface area (Å²) in [6.45, 7) is 6.23. The number of piperazine rings is 1. The fourth-order valence-electron chi connectivity index (χ4n) is 7.01. The molecule has 4 N–H and O–H groups in total. The molecule has 2 saturated heterocycles. The van der Waals surface area contributed by atoms with Crippen molar-refractivity contribution in [1.82, 2.24) is 15.5 Å². The van der Waals surface area contributed by atoms with Crippen LogP contribution in [0, 0.1) is 17.7 Å². The Kier molecular flexibility index (Phi) is 14.6. The van der Waals surface area contributed by atoms with Crippen LogP contribution >= 0.6 is 11.6 Å². The predicted octanol–water partition coefficient (Wildman–Crippen LogP) is 5.58. The molecule has 266 valence electrons. The van der Waals surface area contributed by atoms with E-state index in [1.165, 1.54) is 13.2 Å². The number of halogens is 2. The molecule has 0 bridgehead atoms. The van der Waals surface area contributed by atoms with Gasteiger partial charge in [-0.3, -0.25) is 4.79 Å². The Bertz CT molecular complexity index is 1390. The molecule has 2 aromatic carbocycles. The standard InChI is InChI=1S/C35H50ClFN4O6S/c1-22(2)31-19-24(16-17-47-31)32(23-10-12-25(36)13-11-23)33(40-35(43)46-4)34(42)39-30-9-5-8-29(37)28(30)15-14-26-21-41(3)27(20-38-26)7-6-18-48(44)45/h5,8-13,22,24,26-27,31-33,38H,6-7,14-21H2,1-4H3,(H,39,42)(H,40,43)(H,44,45)/t24?,26?,27?,31?,32-,33-/m0/s1. The molecule has 0 aromatic heterocycles. The van der Waals surface area contributed by atoms with Gasteiger partial charge in [0.25, 0.3) is 0 Å². The fraction of sp³-hybridized carbons (Fsp3) is 0.600. The summed E-state index contributed by atoms with van der Waals surface area (Å²) in [5, 5.41) is 9.88. The third kappa shape index (κ3) is 10.7. The van der Waals surface area contributed by atoms with Crippen LogP contribution in [0.1, 0.15) is 63.0 Å². The molecule has 48 heavy (non-hydrogen) atoms. The molecule has 0 radical (unpaired) electrons. The topological polar surface area (TPSA) is 129 Å². The molecule has 2 amide bonds. The Morgan fingerprint density at radius 1 is 1.21 bits per heavy atom. The fourth-order valence-corrected chi connectivity index (χ4v) is 7.55. The van der Waals surface area contributed by atoms with Gasteiger partial charge in [0.2, 0.25) is 5.91 Å². The van der Waals surface area contributed by atoms with Crippen molar-refractivity contribution in [1.29, 1.82) is 0 Å². The van der Waals surface area contributed by atoms with Gasteiger partial charge in [-0.25, -0.2) is 13.4 Å². The maximum atomic E-state index is 15.4. The van der Waals surface area contributed by atoms with Crippen LogP contribution in [-0.4, -0.2) is 89.5 Å². The number of hydrogen-bond donors (Lipinski definition) is 4. The maximum Gasteiger partial charge on any atom is 0.407 e. The summed E-state index contributed by atoms with van der Waals surface area (Å²) in [6.07, 6.45) is 3.16. The Labute approximate surface area is 291 Å². The first-order valence-corrected chi connectivity index (χ1v) is 18.4. The Balaban J connectivity index is 1.54. The van der Waals surface area contributed by atoms with Gasteiger partial charge in [0.05, 0.1) is 13.2 Å². The third-order valence-electron chi connectivity index (χ3n) is 9.71. The normalized spacial score (nSPS) is 23.7. The van der Waals surface area contributed by atoms with Crippen LogP contribution in [0.2, 0.25) is 5.02 Å². The van der Waals surface area contributed by atoms with Crippen LogP contribution in [0.3, 0.4) is 0 Å². The quantitative estimate of drug-likeness (QED) is 0.187. The van der Waals surface area contributed by atoms with Crippen molar-refractivity contribution in [3.63, 3.8) is 0 Å². The Morgan fingerprint density at radius 3 is 2.62 bits per heavy atom. The molecule has 7 atom stereocenters. The molecular formula is C35H50ClFN4O6S. The lowest BCUT2D eigenvalue weighted by Gasteiger charge is -2.39. The predicted molar refractivity (Wildman–Crippen MR) is 187 cm³/mol. The second-order valence-corrected chi connectivity index (χ2v) is 14.8. The number of nitrogens with one attached hydrogen (secondary N) is 3. The highest BCUT2D eigenvalue weighted by Gasteiger charge is 2.40. The van der Waals surface area contributed by atoms with Gasteiger partial charge in [0.1, 0.15) is 11.9 Å². The number of rotatable bonds is 14. The lowest BCUT2D eigenvalue weighted by atomic mass is 9.74. The minimum absolute atomic E-state index is 0.00353. The highest BCUT2D eigenvalue weighted by atomic mass is 35.5. The van der Waals surface area contributed by atoms with Gasteiger partial charge in [-0.15, -0.1) is 0 Å². The van der Waals surface area contributed by atoms with E-state index in [1.807, 2.05) is 19.2 Å². The van der Waals surface area contributed by atoms with Crippen molar-refractivity contribution in [2.45, 2.75) is 82.5 Å². The van der Waals surface area contributed by atoms with Crippen molar-refractivity contribution in [2.24, 2.45) is 11.8 Å². The van der Waals surface area contributed by atoms with Gasteiger partial charge in [-0.2, -0.15) is 0 Å². The number of methoxy groups -OCH3 is 1. The molecule has 2 aliphatic heterocycles. The van der Waals surface area contributed by atoms with Gasteiger partial charge in [-0.05, 0) is 87.2 Å². The minimum atomic E-state index is -1.79. The molecule has 10 nitrogen and oxygen atoms in total. The summed E-state index contributed by atoms with van der Waals surface area (Å²) in [4.78, 5) is 29.2. The number of anilines is 1. The zero-order valence-corrected chi connectivity index (χ0v) is 29.8. The molecule has 4 rings (SSSR count). The first-order chi connectivity index (χ1) is 23.0. The number of likely N-dealkylation sites (N-methyl/N-ethyl adjacent to an activating group) is 1. The van der Waals surface area contributed by atoms with Gasteiger partial charge >= 0.3 is 6.09 Å². The molecule has 2 heterocycles. The molecule has 0 saturated carbocycles. The summed E-state index contributed by atoms with van der Waals surface area (Å²) in [5.74, 6) is -0.784. The van der Waals surface area contributed by atoms with Gasteiger partial charge in [-0.1, -0.05) is 43.6 Å². The summed E-state index contributed by atoms with van der Waals surface area (Å²) in [5.41, 5.74) is 1.60. The average Bonchev–Trinajstić information content (AvgIpc) is 3.05. The van der Waals surface area contributed by atoms with Crippen molar-refractivity contribution in [3.8, 4) is 0 Å². The van der Waals surface area contributed by atoms with E-state index in [4.69, 9.17) is 25.6 Å². The van der Waals surface area contributed by atoms with Gasteiger partial charge in [0.15, 0.2) is 11.1 Å². The number of alkyl carbamates (subject to hydrolysis) is 1. The minimum Gasteiger partial charge on any atom is -0.453 e. The number of nitrogens with zero attached hydrogens (tertiary/aromatic N) is 1. The van der Waals surface area contributed by atoms with Crippen molar-refractivity contribution in [3.05, 3.63) is 64.4 Å². The Hall–Kier alpha value is -2.61. The van der Waals surface area contributed by atoms with Crippen LogP contribution in [0.25, 0.3) is 0 Å². The molecule has 2 aliphatic rings. The number of ether oxygens (including phenoxy) is 2. The van der Waals surface area contributed by atoms with Crippen LogP contribution in [0.4, 0.5) is 14.9 Å². The highest BCUT2D eigenvalue weighted by molar-refractivity contribution is 7.79. The summed E-state index contributed by atoms with van der Waals surface area (Å²) < 4.78 is 46.5. The van der Waals surface area contributed by atoms with Crippen LogP contribution in [0.5, 0.6) is 0 Å². The summed E-state index contributed by atoms with van der Waals surface area (Å²) in [7, 11) is 3.29. The maximum absolute atomic E-state index is 15.4. The smallest absolute Gasteiger partial charge is 0.407 e. The number of carbonyl (C=O) groups is 2. The van der Waals surface area contributed by atoms with E-state index < -0.39 is 40.9 Å². The van der Waals surface area contributed by atoms with Crippen molar-refractivity contribution < 1.29 is 32.2 Å². The van der Waals surface area contributed by atoms with E-state index in [2.05, 4.69) is 34.7 Å². The van der Waals surface area contributed by atoms with Crippen molar-refractivity contribution in [2.75, 3.05) is 44.9 Å². The van der Waals surface area contributed by atoms with E-state index in [1.54, 1.807) is 24.3 Å². The van der Waals surface area contributed by atoms with E-state index in [9.17, 15) is 13.8 Å².